The summed E-state index contributed by atoms with van der Waals surface area (Å²) in [7, 11) is 0. The molecular formula is C14H17NO2. The van der Waals surface area contributed by atoms with Crippen molar-refractivity contribution in [3.63, 3.8) is 0 Å². The molecule has 0 heterocycles. The first-order valence-corrected chi connectivity index (χ1v) is 5.49. The molecule has 0 saturated heterocycles. The SMILES string of the molecule is C#CCNC(=O)C(C)Oc1cc(C)ccc1C. The molecule has 17 heavy (non-hydrogen) atoms. The molecule has 1 unspecified atom stereocenters. The Morgan fingerprint density at radius 1 is 1.53 bits per heavy atom. The highest BCUT2D eigenvalue weighted by Crippen LogP contribution is 2.20. The first-order chi connectivity index (χ1) is 8.04. The second kappa shape index (κ2) is 5.95. The minimum Gasteiger partial charge on any atom is -0.481 e. The molecule has 3 nitrogen and oxygen atoms in total. The maximum absolute atomic E-state index is 11.6. The molecule has 1 N–H and O–H groups in total. The Labute approximate surface area is 102 Å². The summed E-state index contributed by atoms with van der Waals surface area (Å²) in [5.74, 6) is 2.88. The Balaban J connectivity index is 2.67. The molecule has 1 amide bonds. The van der Waals surface area contributed by atoms with Gasteiger partial charge in [-0.25, -0.2) is 0 Å². The van der Waals surface area contributed by atoms with E-state index < -0.39 is 6.10 Å². The van der Waals surface area contributed by atoms with Gasteiger partial charge in [-0.1, -0.05) is 18.1 Å². The lowest BCUT2D eigenvalue weighted by Crippen LogP contribution is -2.36. The number of ether oxygens (including phenoxy) is 1. The quantitative estimate of drug-likeness (QED) is 0.803. The Kier molecular flexibility index (Phi) is 4.59. The van der Waals surface area contributed by atoms with Crippen LogP contribution in [0, 0.1) is 26.2 Å². The van der Waals surface area contributed by atoms with Crippen LogP contribution < -0.4 is 10.1 Å². The molecule has 0 saturated carbocycles. The van der Waals surface area contributed by atoms with E-state index in [1.54, 1.807) is 6.92 Å². The van der Waals surface area contributed by atoms with Gasteiger partial charge in [0.05, 0.1) is 6.54 Å². The molecule has 1 aromatic carbocycles. The summed E-state index contributed by atoms with van der Waals surface area (Å²) in [6.45, 7) is 5.85. The topological polar surface area (TPSA) is 38.3 Å². The number of nitrogens with one attached hydrogen (secondary N) is 1. The third-order valence-corrected chi connectivity index (χ3v) is 2.38. The second-order valence-corrected chi connectivity index (χ2v) is 3.95. The van der Waals surface area contributed by atoms with Gasteiger partial charge in [-0.2, -0.15) is 0 Å². The van der Waals surface area contributed by atoms with Crippen LogP contribution in [0.15, 0.2) is 18.2 Å². The number of hydrogen-bond donors (Lipinski definition) is 1. The van der Waals surface area contributed by atoms with Crippen molar-refractivity contribution in [2.45, 2.75) is 26.9 Å². The summed E-state index contributed by atoms with van der Waals surface area (Å²) in [6, 6.07) is 5.89. The number of hydrogen-bond acceptors (Lipinski definition) is 2. The zero-order valence-electron chi connectivity index (χ0n) is 10.4. The molecule has 0 radical (unpaired) electrons. The van der Waals surface area contributed by atoms with E-state index in [-0.39, 0.29) is 12.5 Å². The Morgan fingerprint density at radius 3 is 2.88 bits per heavy atom. The van der Waals surface area contributed by atoms with Crippen LogP contribution in [0.25, 0.3) is 0 Å². The summed E-state index contributed by atoms with van der Waals surface area (Å²) >= 11 is 0. The zero-order valence-corrected chi connectivity index (χ0v) is 10.4. The summed E-state index contributed by atoms with van der Waals surface area (Å²) in [5, 5.41) is 2.59. The third-order valence-electron chi connectivity index (χ3n) is 2.38. The predicted octanol–water partition coefficient (Wildman–Crippen LogP) is 1.82. The lowest BCUT2D eigenvalue weighted by atomic mass is 10.1. The Hall–Kier alpha value is -1.95. The van der Waals surface area contributed by atoms with E-state index in [9.17, 15) is 4.79 Å². The molecule has 0 fully saturated rings. The highest BCUT2D eigenvalue weighted by atomic mass is 16.5. The molecule has 1 aromatic rings. The van der Waals surface area contributed by atoms with Gasteiger partial charge in [-0.05, 0) is 38.0 Å². The fourth-order valence-electron chi connectivity index (χ4n) is 1.36. The summed E-state index contributed by atoms with van der Waals surface area (Å²) in [4.78, 5) is 11.6. The number of carbonyl (C=O) groups excluding carboxylic acids is 1. The molecule has 0 aromatic heterocycles. The van der Waals surface area contributed by atoms with E-state index in [0.717, 1.165) is 16.9 Å². The average Bonchev–Trinajstić information content (AvgIpc) is 2.30. The number of aryl methyl sites for hydroxylation is 2. The smallest absolute Gasteiger partial charge is 0.261 e. The molecule has 1 atom stereocenters. The van der Waals surface area contributed by atoms with Crippen molar-refractivity contribution in [3.05, 3.63) is 29.3 Å². The first-order valence-electron chi connectivity index (χ1n) is 5.49. The van der Waals surface area contributed by atoms with Crippen molar-refractivity contribution in [1.82, 2.24) is 5.32 Å². The van der Waals surface area contributed by atoms with E-state index in [1.165, 1.54) is 0 Å². The lowest BCUT2D eigenvalue weighted by Gasteiger charge is -2.16. The zero-order chi connectivity index (χ0) is 12.8. The van der Waals surface area contributed by atoms with Crippen LogP contribution in [0.2, 0.25) is 0 Å². The highest BCUT2D eigenvalue weighted by molar-refractivity contribution is 5.80. The molecule has 0 aliphatic rings. The molecule has 0 spiro atoms. The number of amides is 1. The van der Waals surface area contributed by atoms with Crippen molar-refractivity contribution in [1.29, 1.82) is 0 Å². The predicted molar refractivity (Wildman–Crippen MR) is 67.8 cm³/mol. The van der Waals surface area contributed by atoms with Gasteiger partial charge < -0.3 is 10.1 Å². The van der Waals surface area contributed by atoms with Crippen LogP contribution in [-0.4, -0.2) is 18.6 Å². The van der Waals surface area contributed by atoms with Gasteiger partial charge >= 0.3 is 0 Å². The van der Waals surface area contributed by atoms with Gasteiger partial charge in [0.2, 0.25) is 0 Å². The number of terminal acetylenes is 1. The van der Waals surface area contributed by atoms with Crippen LogP contribution >= 0.6 is 0 Å². The van der Waals surface area contributed by atoms with Crippen molar-refractivity contribution < 1.29 is 9.53 Å². The maximum atomic E-state index is 11.6. The van der Waals surface area contributed by atoms with Crippen molar-refractivity contribution in [3.8, 4) is 18.1 Å². The molecule has 0 bridgehead atoms. The standard InChI is InChI=1S/C14H17NO2/c1-5-8-15-14(16)12(4)17-13-9-10(2)6-7-11(13)3/h1,6-7,9,12H,8H2,2-4H3,(H,15,16). The maximum Gasteiger partial charge on any atom is 0.261 e. The number of rotatable bonds is 4. The average molecular weight is 231 g/mol. The summed E-state index contributed by atoms with van der Waals surface area (Å²) < 4.78 is 5.60. The molecule has 90 valence electrons. The van der Waals surface area contributed by atoms with Gasteiger partial charge in [0.25, 0.3) is 5.91 Å². The largest absolute Gasteiger partial charge is 0.481 e. The van der Waals surface area contributed by atoms with E-state index in [2.05, 4.69) is 11.2 Å². The van der Waals surface area contributed by atoms with Gasteiger partial charge in [0, 0.05) is 0 Å². The van der Waals surface area contributed by atoms with E-state index in [1.807, 2.05) is 32.0 Å². The van der Waals surface area contributed by atoms with E-state index >= 15 is 0 Å². The molecule has 0 aliphatic carbocycles. The van der Waals surface area contributed by atoms with Crippen LogP contribution in [0.4, 0.5) is 0 Å². The van der Waals surface area contributed by atoms with Crippen molar-refractivity contribution in [2.75, 3.05) is 6.54 Å². The summed E-state index contributed by atoms with van der Waals surface area (Å²) in [5.41, 5.74) is 2.11. The van der Waals surface area contributed by atoms with Gasteiger partial charge in [0.15, 0.2) is 6.10 Å². The monoisotopic (exact) mass is 231 g/mol. The third kappa shape index (κ3) is 3.84. The van der Waals surface area contributed by atoms with Crippen LogP contribution in [0.5, 0.6) is 5.75 Å². The first kappa shape index (κ1) is 13.1. The fourth-order valence-corrected chi connectivity index (χ4v) is 1.36. The fraction of sp³-hybridized carbons (Fsp3) is 0.357. The van der Waals surface area contributed by atoms with Crippen LogP contribution in [0.1, 0.15) is 18.1 Å². The normalized spacial score (nSPS) is 11.4. The summed E-state index contributed by atoms with van der Waals surface area (Å²) in [6.07, 6.45) is 4.52. The van der Waals surface area contributed by atoms with E-state index in [0.29, 0.717) is 0 Å². The molecule has 3 heteroatoms. The molecular weight excluding hydrogens is 214 g/mol. The highest BCUT2D eigenvalue weighted by Gasteiger charge is 2.14. The van der Waals surface area contributed by atoms with E-state index in [4.69, 9.17) is 11.2 Å². The van der Waals surface area contributed by atoms with Gasteiger partial charge in [0.1, 0.15) is 5.75 Å². The van der Waals surface area contributed by atoms with Crippen LogP contribution in [-0.2, 0) is 4.79 Å². The van der Waals surface area contributed by atoms with Crippen molar-refractivity contribution in [2.24, 2.45) is 0 Å². The van der Waals surface area contributed by atoms with Gasteiger partial charge in [-0.3, -0.25) is 4.79 Å². The van der Waals surface area contributed by atoms with Crippen molar-refractivity contribution >= 4 is 5.91 Å². The number of carbonyl (C=O) groups is 1. The molecule has 1 rings (SSSR count). The Bertz CT molecular complexity index is 446. The minimum atomic E-state index is -0.552. The molecule has 0 aliphatic heterocycles. The van der Waals surface area contributed by atoms with Crippen LogP contribution in [0.3, 0.4) is 0 Å². The Morgan fingerprint density at radius 2 is 2.24 bits per heavy atom. The van der Waals surface area contributed by atoms with Gasteiger partial charge in [-0.15, -0.1) is 6.42 Å². The lowest BCUT2D eigenvalue weighted by molar-refractivity contribution is -0.127. The minimum absolute atomic E-state index is 0.205. The second-order valence-electron chi connectivity index (χ2n) is 3.95. The number of benzene rings is 1.